The zero-order valence-corrected chi connectivity index (χ0v) is 13.1. The van der Waals surface area contributed by atoms with Gasteiger partial charge in [-0.15, -0.1) is 0 Å². The Morgan fingerprint density at radius 3 is 2.44 bits per heavy atom. The first-order valence-corrected chi connectivity index (χ1v) is 9.89. The Labute approximate surface area is 113 Å². The van der Waals surface area contributed by atoms with Crippen LogP contribution < -0.4 is 10.6 Å². The van der Waals surface area contributed by atoms with E-state index in [0.29, 0.717) is 6.04 Å². The largest absolute Gasteiger partial charge is 0.317 e. The van der Waals surface area contributed by atoms with Gasteiger partial charge in [-0.2, -0.15) is 0 Å². The van der Waals surface area contributed by atoms with Crippen molar-refractivity contribution in [3.05, 3.63) is 30.3 Å². The van der Waals surface area contributed by atoms with Crippen LogP contribution in [0.3, 0.4) is 0 Å². The minimum Gasteiger partial charge on any atom is -0.317 e. The molecular weight excluding hydrogens is 237 g/mol. The van der Waals surface area contributed by atoms with Crippen LogP contribution in [0, 0.1) is 5.92 Å². The molecule has 1 N–H and O–H groups in total. The highest BCUT2D eigenvalue weighted by molar-refractivity contribution is 7.82. The summed E-state index contributed by atoms with van der Waals surface area (Å²) in [5, 5.41) is 5.08. The highest BCUT2D eigenvalue weighted by Crippen LogP contribution is 2.62. The lowest BCUT2D eigenvalue weighted by molar-refractivity contribution is 0.409. The van der Waals surface area contributed by atoms with Crippen LogP contribution in [-0.4, -0.2) is 32.1 Å². The van der Waals surface area contributed by atoms with E-state index in [0.717, 1.165) is 11.6 Å². The zero-order valence-electron chi connectivity index (χ0n) is 12.2. The van der Waals surface area contributed by atoms with E-state index in [2.05, 4.69) is 62.9 Å². The van der Waals surface area contributed by atoms with Crippen molar-refractivity contribution >= 4 is 12.6 Å². The predicted octanol–water partition coefficient (Wildman–Crippen LogP) is 3.37. The fraction of sp³-hybridized carbons (Fsp3) is 0.625. The predicted molar refractivity (Wildman–Crippen MR) is 84.5 cm³/mol. The Morgan fingerprint density at radius 1 is 1.17 bits per heavy atom. The SMILES string of the molecule is CN[C@H](C)C1CCCC1[P+](C)(C)c1ccccc1. The van der Waals surface area contributed by atoms with E-state index < -0.39 is 7.26 Å². The molecule has 1 aliphatic carbocycles. The van der Waals surface area contributed by atoms with Crippen molar-refractivity contribution in [1.82, 2.24) is 5.32 Å². The molecule has 0 spiro atoms. The molecule has 0 bridgehead atoms. The second kappa shape index (κ2) is 5.72. The molecule has 0 aliphatic heterocycles. The lowest BCUT2D eigenvalue weighted by Crippen LogP contribution is -2.37. The normalized spacial score (nSPS) is 26.2. The van der Waals surface area contributed by atoms with Crippen molar-refractivity contribution in [3.63, 3.8) is 0 Å². The van der Waals surface area contributed by atoms with Crippen molar-refractivity contribution in [2.75, 3.05) is 20.4 Å². The molecule has 18 heavy (non-hydrogen) atoms. The van der Waals surface area contributed by atoms with E-state index in [1.165, 1.54) is 19.3 Å². The fourth-order valence-corrected chi connectivity index (χ4v) is 7.09. The average Bonchev–Trinajstić information content (AvgIpc) is 2.89. The second-order valence-electron chi connectivity index (χ2n) is 6.11. The maximum atomic E-state index is 3.48. The minimum absolute atomic E-state index is 0.653. The van der Waals surface area contributed by atoms with Gasteiger partial charge in [0.25, 0.3) is 0 Å². The van der Waals surface area contributed by atoms with Crippen LogP contribution in [0.5, 0.6) is 0 Å². The molecule has 1 aromatic rings. The van der Waals surface area contributed by atoms with E-state index in [1.807, 2.05) is 0 Å². The van der Waals surface area contributed by atoms with Gasteiger partial charge in [-0.05, 0) is 45.4 Å². The summed E-state index contributed by atoms with van der Waals surface area (Å²) in [5.41, 5.74) is 0.905. The molecule has 100 valence electrons. The van der Waals surface area contributed by atoms with Crippen molar-refractivity contribution in [3.8, 4) is 0 Å². The van der Waals surface area contributed by atoms with Crippen molar-refractivity contribution < 1.29 is 0 Å². The summed E-state index contributed by atoms with van der Waals surface area (Å²) < 4.78 is 0. The number of hydrogen-bond acceptors (Lipinski definition) is 1. The van der Waals surface area contributed by atoms with E-state index in [4.69, 9.17) is 0 Å². The Balaban J connectivity index is 2.24. The van der Waals surface area contributed by atoms with Crippen LogP contribution in [0.25, 0.3) is 0 Å². The summed E-state index contributed by atoms with van der Waals surface area (Å²) in [6.07, 6.45) is 4.24. The van der Waals surface area contributed by atoms with Gasteiger partial charge in [0.15, 0.2) is 0 Å². The van der Waals surface area contributed by atoms with Crippen LogP contribution in [0.15, 0.2) is 30.3 Å². The van der Waals surface area contributed by atoms with Gasteiger partial charge in [-0.25, -0.2) is 0 Å². The number of hydrogen-bond donors (Lipinski definition) is 1. The summed E-state index contributed by atoms with van der Waals surface area (Å²) in [4.78, 5) is 0. The summed E-state index contributed by atoms with van der Waals surface area (Å²) >= 11 is 0. The van der Waals surface area contributed by atoms with Gasteiger partial charge in [0.2, 0.25) is 0 Å². The standard InChI is InChI=1S/C16H27NP/c1-13(17-2)15-11-8-12-16(15)18(3,4)14-9-6-5-7-10-14/h5-7,9-10,13,15-17H,8,11-12H2,1-4H3/q+1/t13-,15?,16?/m1/s1. The zero-order chi connectivity index (χ0) is 13.2. The average molecular weight is 264 g/mol. The van der Waals surface area contributed by atoms with Crippen LogP contribution >= 0.6 is 7.26 Å². The lowest BCUT2D eigenvalue weighted by Gasteiger charge is -2.32. The fourth-order valence-electron chi connectivity index (χ4n) is 3.57. The molecule has 0 heterocycles. The smallest absolute Gasteiger partial charge is 0.0936 e. The molecule has 1 nitrogen and oxygen atoms in total. The minimum atomic E-state index is -1.01. The van der Waals surface area contributed by atoms with E-state index >= 15 is 0 Å². The third-order valence-electron chi connectivity index (χ3n) is 4.88. The molecule has 1 fully saturated rings. The van der Waals surface area contributed by atoms with Gasteiger partial charge in [0.1, 0.15) is 0 Å². The van der Waals surface area contributed by atoms with Crippen LogP contribution in [0.1, 0.15) is 26.2 Å². The van der Waals surface area contributed by atoms with Crippen LogP contribution in [0.2, 0.25) is 0 Å². The van der Waals surface area contributed by atoms with Gasteiger partial charge in [0.05, 0.1) is 24.3 Å². The van der Waals surface area contributed by atoms with Gasteiger partial charge in [-0.3, -0.25) is 0 Å². The molecule has 1 saturated carbocycles. The first-order valence-electron chi connectivity index (χ1n) is 7.14. The topological polar surface area (TPSA) is 12.0 Å². The van der Waals surface area contributed by atoms with Crippen molar-refractivity contribution in [2.24, 2.45) is 5.92 Å². The van der Waals surface area contributed by atoms with E-state index in [1.54, 1.807) is 5.30 Å². The maximum Gasteiger partial charge on any atom is 0.0936 e. The lowest BCUT2D eigenvalue weighted by atomic mass is 10.00. The highest BCUT2D eigenvalue weighted by atomic mass is 31.2. The third-order valence-corrected chi connectivity index (χ3v) is 8.81. The molecule has 1 aliphatic rings. The third kappa shape index (κ3) is 2.63. The quantitative estimate of drug-likeness (QED) is 0.822. The molecule has 3 atom stereocenters. The van der Waals surface area contributed by atoms with Gasteiger partial charge in [-0.1, -0.05) is 18.2 Å². The first-order chi connectivity index (χ1) is 8.57. The molecule has 0 amide bonds. The summed E-state index contributed by atoms with van der Waals surface area (Å²) in [5.74, 6) is 0.860. The molecular formula is C16H27NP+. The van der Waals surface area contributed by atoms with E-state index in [-0.39, 0.29) is 0 Å². The molecule has 2 unspecified atom stereocenters. The van der Waals surface area contributed by atoms with Gasteiger partial charge < -0.3 is 5.32 Å². The number of benzene rings is 1. The molecule has 2 rings (SSSR count). The monoisotopic (exact) mass is 264 g/mol. The summed E-state index contributed by atoms with van der Waals surface area (Å²) in [6, 6.07) is 11.9. The first kappa shape index (κ1) is 14.0. The highest BCUT2D eigenvalue weighted by Gasteiger charge is 2.47. The Hall–Kier alpha value is -0.390. The van der Waals surface area contributed by atoms with Crippen molar-refractivity contribution in [2.45, 2.75) is 37.9 Å². The number of rotatable bonds is 4. The Kier molecular flexibility index (Phi) is 4.45. The Morgan fingerprint density at radius 2 is 1.83 bits per heavy atom. The molecule has 0 saturated heterocycles. The van der Waals surface area contributed by atoms with Crippen LogP contribution in [-0.2, 0) is 0 Å². The Bertz CT molecular complexity index is 374. The van der Waals surface area contributed by atoms with Crippen molar-refractivity contribution in [1.29, 1.82) is 0 Å². The molecule has 0 aromatic heterocycles. The molecule has 2 heteroatoms. The molecule has 0 radical (unpaired) electrons. The summed E-state index contributed by atoms with van der Waals surface area (Å²) in [6.45, 7) is 7.43. The second-order valence-corrected chi connectivity index (χ2v) is 10.4. The van der Waals surface area contributed by atoms with E-state index in [9.17, 15) is 0 Å². The van der Waals surface area contributed by atoms with Crippen LogP contribution in [0.4, 0.5) is 0 Å². The van der Waals surface area contributed by atoms with Gasteiger partial charge >= 0.3 is 0 Å². The maximum absolute atomic E-state index is 3.48. The summed E-state index contributed by atoms with van der Waals surface area (Å²) in [7, 11) is 1.10. The van der Waals surface area contributed by atoms with Gasteiger partial charge in [0, 0.05) is 19.2 Å². The molecule has 1 aromatic carbocycles. The number of nitrogens with one attached hydrogen (secondary N) is 1.